The van der Waals surface area contributed by atoms with E-state index in [1.807, 2.05) is 18.2 Å². The zero-order chi connectivity index (χ0) is 15.2. The van der Waals surface area contributed by atoms with Crippen LogP contribution in [0, 0.1) is 5.92 Å². The Bertz CT molecular complexity index is 502. The van der Waals surface area contributed by atoms with Gasteiger partial charge >= 0.3 is 5.97 Å². The van der Waals surface area contributed by atoms with Crippen molar-refractivity contribution in [1.29, 1.82) is 0 Å². The maximum absolute atomic E-state index is 11.8. The first-order chi connectivity index (χ1) is 10.1. The van der Waals surface area contributed by atoms with E-state index < -0.39 is 0 Å². The maximum atomic E-state index is 11.8. The first kappa shape index (κ1) is 15.9. The van der Waals surface area contributed by atoms with Crippen LogP contribution in [-0.4, -0.2) is 30.8 Å². The van der Waals surface area contributed by atoms with Crippen LogP contribution in [-0.2, 0) is 9.53 Å². The molecule has 4 nitrogen and oxygen atoms in total. The molecule has 2 atom stereocenters. The van der Waals surface area contributed by atoms with Crippen LogP contribution >= 0.6 is 11.8 Å². The third-order valence-electron chi connectivity index (χ3n) is 3.32. The largest absolute Gasteiger partial charge is 0.467 e. The second-order valence-corrected chi connectivity index (χ2v) is 6.70. The summed E-state index contributed by atoms with van der Waals surface area (Å²) in [5.74, 6) is 0.189. The Labute approximate surface area is 130 Å². The molecular formula is C16H22N2O2S. The molecule has 1 aromatic carbocycles. The predicted octanol–water partition coefficient (Wildman–Crippen LogP) is 3.01. The molecule has 0 spiro atoms. The standard InChI is InChI=1S/C16H22N2O2S/c1-11(2)9-13(15(19)20-3)18-16-17-10-14(21-16)12-7-5-4-6-8-12/h4-8,11,13-14H,9-10H2,1-3H3,(H,17,18). The van der Waals surface area contributed by atoms with Gasteiger partial charge < -0.3 is 10.1 Å². The maximum Gasteiger partial charge on any atom is 0.328 e. The van der Waals surface area contributed by atoms with Gasteiger partial charge in [-0.3, -0.25) is 4.99 Å². The van der Waals surface area contributed by atoms with Gasteiger partial charge in [-0.1, -0.05) is 55.9 Å². The number of nitrogens with zero attached hydrogens (tertiary/aromatic N) is 1. The lowest BCUT2D eigenvalue weighted by Gasteiger charge is -2.19. The van der Waals surface area contributed by atoms with Crippen molar-refractivity contribution < 1.29 is 9.53 Å². The number of amidine groups is 1. The molecule has 1 heterocycles. The molecule has 0 saturated carbocycles. The van der Waals surface area contributed by atoms with Crippen LogP contribution in [0.15, 0.2) is 35.3 Å². The fourth-order valence-corrected chi connectivity index (χ4v) is 3.34. The SMILES string of the molecule is COC(=O)C(CC(C)C)NC1=NCC(c2ccccc2)S1. The Morgan fingerprint density at radius 2 is 2.14 bits per heavy atom. The van der Waals surface area contributed by atoms with E-state index in [1.54, 1.807) is 11.8 Å². The van der Waals surface area contributed by atoms with E-state index >= 15 is 0 Å². The van der Waals surface area contributed by atoms with E-state index in [0.29, 0.717) is 11.2 Å². The molecule has 2 unspecified atom stereocenters. The summed E-state index contributed by atoms with van der Waals surface area (Å²) in [6.07, 6.45) is 0.738. The van der Waals surface area contributed by atoms with Gasteiger partial charge in [0.25, 0.3) is 0 Å². The lowest BCUT2D eigenvalue weighted by molar-refractivity contribution is -0.143. The highest BCUT2D eigenvalue weighted by Crippen LogP contribution is 2.34. The molecule has 114 valence electrons. The van der Waals surface area contributed by atoms with Crippen molar-refractivity contribution in [3.63, 3.8) is 0 Å². The minimum Gasteiger partial charge on any atom is -0.467 e. The molecule has 2 rings (SSSR count). The number of hydrogen-bond donors (Lipinski definition) is 1. The zero-order valence-corrected chi connectivity index (χ0v) is 13.5. The minimum absolute atomic E-state index is 0.227. The molecule has 0 saturated heterocycles. The molecule has 0 aliphatic carbocycles. The molecule has 21 heavy (non-hydrogen) atoms. The van der Waals surface area contributed by atoms with Gasteiger partial charge in [-0.2, -0.15) is 0 Å². The van der Waals surface area contributed by atoms with Gasteiger partial charge in [0.1, 0.15) is 6.04 Å². The van der Waals surface area contributed by atoms with Crippen LogP contribution < -0.4 is 5.32 Å². The van der Waals surface area contributed by atoms with Crippen molar-refractivity contribution >= 4 is 22.9 Å². The fraction of sp³-hybridized carbons (Fsp3) is 0.500. The molecular weight excluding hydrogens is 284 g/mol. The Hall–Kier alpha value is -1.49. The minimum atomic E-state index is -0.323. The number of hydrogen-bond acceptors (Lipinski definition) is 5. The van der Waals surface area contributed by atoms with Crippen LogP contribution in [0.2, 0.25) is 0 Å². The Morgan fingerprint density at radius 1 is 1.43 bits per heavy atom. The number of carbonyl (C=O) groups is 1. The number of ether oxygens (including phenoxy) is 1. The van der Waals surface area contributed by atoms with Crippen molar-refractivity contribution in [2.75, 3.05) is 13.7 Å². The number of rotatable bonds is 5. The highest BCUT2D eigenvalue weighted by Gasteiger charge is 2.26. The van der Waals surface area contributed by atoms with E-state index in [9.17, 15) is 4.79 Å². The third-order valence-corrected chi connectivity index (χ3v) is 4.49. The quantitative estimate of drug-likeness (QED) is 0.850. The monoisotopic (exact) mass is 306 g/mol. The molecule has 0 fully saturated rings. The van der Waals surface area contributed by atoms with Crippen LogP contribution in [0.5, 0.6) is 0 Å². The number of carbonyl (C=O) groups excluding carboxylic acids is 1. The van der Waals surface area contributed by atoms with Crippen LogP contribution in [0.4, 0.5) is 0 Å². The van der Waals surface area contributed by atoms with Gasteiger partial charge in [-0.15, -0.1) is 0 Å². The number of thioether (sulfide) groups is 1. The number of aliphatic imine (C=N–C) groups is 1. The van der Waals surface area contributed by atoms with E-state index in [2.05, 4.69) is 36.3 Å². The first-order valence-corrected chi connectivity index (χ1v) is 8.08. The van der Waals surface area contributed by atoms with Gasteiger partial charge in [0.2, 0.25) is 0 Å². The molecule has 0 amide bonds. The molecule has 1 aliphatic rings. The van der Waals surface area contributed by atoms with Crippen molar-refractivity contribution in [1.82, 2.24) is 5.32 Å². The second kappa shape index (κ2) is 7.50. The molecule has 1 N–H and O–H groups in total. The average Bonchev–Trinajstić information content (AvgIpc) is 2.95. The van der Waals surface area contributed by atoms with Crippen LogP contribution in [0.1, 0.15) is 31.1 Å². The number of benzene rings is 1. The zero-order valence-electron chi connectivity index (χ0n) is 12.7. The van der Waals surface area contributed by atoms with Gasteiger partial charge in [0, 0.05) is 0 Å². The molecule has 1 aromatic rings. The second-order valence-electron chi connectivity index (χ2n) is 5.51. The Balaban J connectivity index is 1.95. The van der Waals surface area contributed by atoms with Gasteiger partial charge in [0.15, 0.2) is 5.17 Å². The summed E-state index contributed by atoms with van der Waals surface area (Å²) < 4.78 is 4.87. The van der Waals surface area contributed by atoms with Crippen LogP contribution in [0.25, 0.3) is 0 Å². The summed E-state index contributed by atoms with van der Waals surface area (Å²) in [4.78, 5) is 16.4. The normalized spacial score (nSPS) is 19.2. The highest BCUT2D eigenvalue weighted by molar-refractivity contribution is 8.14. The van der Waals surface area contributed by atoms with E-state index in [4.69, 9.17) is 4.74 Å². The average molecular weight is 306 g/mol. The Morgan fingerprint density at radius 3 is 2.76 bits per heavy atom. The van der Waals surface area contributed by atoms with Crippen molar-refractivity contribution in [2.24, 2.45) is 10.9 Å². The number of methoxy groups -OCH3 is 1. The van der Waals surface area contributed by atoms with Gasteiger partial charge in [-0.05, 0) is 17.9 Å². The molecule has 0 radical (unpaired) electrons. The fourth-order valence-electron chi connectivity index (χ4n) is 2.27. The van der Waals surface area contributed by atoms with Crippen molar-refractivity contribution in [3.8, 4) is 0 Å². The number of esters is 1. The summed E-state index contributed by atoms with van der Waals surface area (Å²) in [6.45, 7) is 4.93. The summed E-state index contributed by atoms with van der Waals surface area (Å²) in [7, 11) is 1.42. The lowest BCUT2D eigenvalue weighted by atomic mass is 10.0. The van der Waals surface area contributed by atoms with Crippen LogP contribution in [0.3, 0.4) is 0 Å². The van der Waals surface area contributed by atoms with Crippen molar-refractivity contribution in [2.45, 2.75) is 31.6 Å². The first-order valence-electron chi connectivity index (χ1n) is 7.20. The smallest absolute Gasteiger partial charge is 0.328 e. The summed E-state index contributed by atoms with van der Waals surface area (Å²) in [5.41, 5.74) is 1.27. The third kappa shape index (κ3) is 4.49. The van der Waals surface area contributed by atoms with E-state index in [1.165, 1.54) is 12.7 Å². The summed E-state index contributed by atoms with van der Waals surface area (Å²) >= 11 is 1.68. The lowest BCUT2D eigenvalue weighted by Crippen LogP contribution is -2.40. The summed E-state index contributed by atoms with van der Waals surface area (Å²) in [5, 5.41) is 4.39. The van der Waals surface area contributed by atoms with Gasteiger partial charge in [-0.25, -0.2) is 4.79 Å². The molecule has 0 aromatic heterocycles. The highest BCUT2D eigenvalue weighted by atomic mass is 32.2. The number of nitrogens with one attached hydrogen (secondary N) is 1. The van der Waals surface area contributed by atoms with E-state index in [-0.39, 0.29) is 12.0 Å². The van der Waals surface area contributed by atoms with E-state index in [0.717, 1.165) is 18.1 Å². The topological polar surface area (TPSA) is 50.7 Å². The molecule has 5 heteroatoms. The Kier molecular flexibility index (Phi) is 5.67. The molecule has 0 bridgehead atoms. The van der Waals surface area contributed by atoms with Gasteiger partial charge in [0.05, 0.1) is 18.9 Å². The predicted molar refractivity (Wildman–Crippen MR) is 87.5 cm³/mol. The summed E-state index contributed by atoms with van der Waals surface area (Å²) in [6, 6.07) is 9.99. The molecule has 1 aliphatic heterocycles. The van der Waals surface area contributed by atoms with Crippen molar-refractivity contribution in [3.05, 3.63) is 35.9 Å².